The molecule has 1 aromatic rings. The fourth-order valence-corrected chi connectivity index (χ4v) is 0.940. The van der Waals surface area contributed by atoms with Crippen LogP contribution in [-0.4, -0.2) is 20.6 Å². The summed E-state index contributed by atoms with van der Waals surface area (Å²) in [5.74, 6) is -0.442. The van der Waals surface area contributed by atoms with Gasteiger partial charge in [0.25, 0.3) is 0 Å². The van der Waals surface area contributed by atoms with Gasteiger partial charge in [0.15, 0.2) is 0 Å². The zero-order chi connectivity index (χ0) is 9.14. The number of imidazole rings is 1. The molecule has 5 heteroatoms. The average molecular weight is 169 g/mol. The highest BCUT2D eigenvalue weighted by atomic mass is 16.3. The van der Waals surface area contributed by atoms with Crippen molar-refractivity contribution in [2.24, 2.45) is 5.73 Å². The van der Waals surface area contributed by atoms with Gasteiger partial charge < -0.3 is 15.4 Å². The molecule has 1 atom stereocenters. The predicted molar refractivity (Wildman–Crippen MR) is 42.1 cm³/mol. The number of nitrogens with zero attached hydrogens (tertiary/aromatic N) is 2. The molecule has 5 nitrogen and oxygen atoms in total. The Morgan fingerprint density at radius 3 is 3.08 bits per heavy atom. The molecule has 1 rings (SSSR count). The van der Waals surface area contributed by atoms with Crippen LogP contribution >= 0.6 is 0 Å². The van der Waals surface area contributed by atoms with Gasteiger partial charge in [-0.05, 0) is 6.92 Å². The van der Waals surface area contributed by atoms with Crippen molar-refractivity contribution in [3.63, 3.8) is 0 Å². The minimum atomic E-state index is -0.463. The van der Waals surface area contributed by atoms with Gasteiger partial charge in [0, 0.05) is 0 Å². The van der Waals surface area contributed by atoms with Crippen molar-refractivity contribution in [2.45, 2.75) is 19.6 Å². The lowest BCUT2D eigenvalue weighted by Gasteiger charge is -2.11. The number of nitrogens with two attached hydrogens (primary N) is 1. The van der Waals surface area contributed by atoms with Gasteiger partial charge in [0.05, 0.1) is 24.8 Å². The van der Waals surface area contributed by atoms with Gasteiger partial charge in [0.2, 0.25) is 5.91 Å². The first-order valence-electron chi connectivity index (χ1n) is 3.57. The normalized spacial score (nSPS) is 12.8. The van der Waals surface area contributed by atoms with E-state index in [-0.39, 0.29) is 6.61 Å². The molecule has 66 valence electrons. The van der Waals surface area contributed by atoms with Crippen LogP contribution in [0.15, 0.2) is 12.5 Å². The van der Waals surface area contributed by atoms with E-state index in [2.05, 4.69) is 4.98 Å². The van der Waals surface area contributed by atoms with E-state index < -0.39 is 11.9 Å². The molecule has 0 aromatic carbocycles. The number of aliphatic hydroxyl groups is 1. The maximum absolute atomic E-state index is 10.8. The van der Waals surface area contributed by atoms with Crippen LogP contribution in [0.25, 0.3) is 0 Å². The molecular weight excluding hydrogens is 158 g/mol. The summed E-state index contributed by atoms with van der Waals surface area (Å²) in [6.07, 6.45) is 2.97. The Hall–Kier alpha value is -1.36. The monoisotopic (exact) mass is 169 g/mol. The summed E-state index contributed by atoms with van der Waals surface area (Å²) in [7, 11) is 0. The molecular formula is C7H11N3O2. The van der Waals surface area contributed by atoms with Crippen LogP contribution in [0.2, 0.25) is 0 Å². The van der Waals surface area contributed by atoms with Gasteiger partial charge in [-0.25, -0.2) is 4.98 Å². The van der Waals surface area contributed by atoms with Crippen molar-refractivity contribution in [3.8, 4) is 0 Å². The third-order valence-electron chi connectivity index (χ3n) is 1.74. The minimum absolute atomic E-state index is 0.141. The molecule has 0 saturated heterocycles. The third-order valence-corrected chi connectivity index (χ3v) is 1.74. The summed E-state index contributed by atoms with van der Waals surface area (Å²) < 4.78 is 1.54. The van der Waals surface area contributed by atoms with Crippen molar-refractivity contribution in [2.75, 3.05) is 0 Å². The Balaban J connectivity index is 2.93. The second kappa shape index (κ2) is 3.36. The molecule has 1 unspecified atom stereocenters. The van der Waals surface area contributed by atoms with Crippen molar-refractivity contribution < 1.29 is 9.90 Å². The molecule has 0 aliphatic carbocycles. The standard InChI is InChI=1S/C7H11N3O2/c1-5(7(8)12)10-4-9-2-6(10)3-11/h2,4-5,11H,3H2,1H3,(H2,8,12). The maximum atomic E-state index is 10.8. The average Bonchev–Trinajstić information content (AvgIpc) is 2.49. The fraction of sp³-hybridized carbons (Fsp3) is 0.429. The number of primary amides is 1. The van der Waals surface area contributed by atoms with Crippen molar-refractivity contribution in [1.82, 2.24) is 9.55 Å². The molecule has 3 N–H and O–H groups in total. The summed E-state index contributed by atoms with van der Waals surface area (Å²) in [6.45, 7) is 1.51. The van der Waals surface area contributed by atoms with Gasteiger partial charge in [-0.2, -0.15) is 0 Å². The van der Waals surface area contributed by atoms with Crippen LogP contribution in [0.4, 0.5) is 0 Å². The number of aromatic nitrogens is 2. The van der Waals surface area contributed by atoms with E-state index in [0.29, 0.717) is 5.69 Å². The minimum Gasteiger partial charge on any atom is -0.390 e. The van der Waals surface area contributed by atoms with E-state index in [1.165, 1.54) is 12.5 Å². The molecule has 1 heterocycles. The molecule has 0 fully saturated rings. The van der Waals surface area contributed by atoms with Crippen LogP contribution in [0.1, 0.15) is 18.7 Å². The topological polar surface area (TPSA) is 81.1 Å². The highest BCUT2D eigenvalue weighted by molar-refractivity contribution is 5.77. The largest absolute Gasteiger partial charge is 0.390 e. The number of hydrogen-bond acceptors (Lipinski definition) is 3. The summed E-state index contributed by atoms with van der Waals surface area (Å²) in [6, 6.07) is -0.463. The van der Waals surface area contributed by atoms with Crippen LogP contribution in [0.3, 0.4) is 0 Å². The molecule has 0 spiro atoms. The van der Waals surface area contributed by atoms with Crippen LogP contribution < -0.4 is 5.73 Å². The molecule has 0 saturated carbocycles. The summed E-state index contributed by atoms with van der Waals surface area (Å²) >= 11 is 0. The Labute approximate surface area is 69.8 Å². The molecule has 0 bridgehead atoms. The number of amides is 1. The van der Waals surface area contributed by atoms with Crippen molar-refractivity contribution in [3.05, 3.63) is 18.2 Å². The smallest absolute Gasteiger partial charge is 0.240 e. The number of rotatable bonds is 3. The van der Waals surface area contributed by atoms with Crippen LogP contribution in [0, 0.1) is 0 Å². The first-order valence-corrected chi connectivity index (χ1v) is 3.57. The summed E-state index contributed by atoms with van der Waals surface area (Å²) in [4.78, 5) is 14.5. The van der Waals surface area contributed by atoms with Gasteiger partial charge in [-0.1, -0.05) is 0 Å². The lowest BCUT2D eigenvalue weighted by Crippen LogP contribution is -2.24. The van der Waals surface area contributed by atoms with Crippen LogP contribution in [0.5, 0.6) is 0 Å². The number of carbonyl (C=O) groups excluding carboxylic acids is 1. The zero-order valence-corrected chi connectivity index (χ0v) is 6.77. The predicted octanol–water partition coefficient (Wildman–Crippen LogP) is -0.578. The Kier molecular flexibility index (Phi) is 2.44. The first-order chi connectivity index (χ1) is 5.66. The summed E-state index contributed by atoms with van der Waals surface area (Å²) in [5, 5.41) is 8.83. The zero-order valence-electron chi connectivity index (χ0n) is 6.77. The second-order valence-corrected chi connectivity index (χ2v) is 2.53. The van der Waals surface area contributed by atoms with E-state index in [1.54, 1.807) is 11.5 Å². The SMILES string of the molecule is CC(C(N)=O)n1cncc1CO. The van der Waals surface area contributed by atoms with E-state index in [1.807, 2.05) is 0 Å². The Bertz CT molecular complexity index is 282. The van der Waals surface area contributed by atoms with Crippen molar-refractivity contribution in [1.29, 1.82) is 0 Å². The highest BCUT2D eigenvalue weighted by Crippen LogP contribution is 2.08. The lowest BCUT2D eigenvalue weighted by molar-refractivity contribution is -0.120. The molecule has 0 radical (unpaired) electrons. The van der Waals surface area contributed by atoms with Gasteiger partial charge >= 0.3 is 0 Å². The molecule has 1 amide bonds. The number of hydrogen-bond donors (Lipinski definition) is 2. The lowest BCUT2D eigenvalue weighted by atomic mass is 10.3. The van der Waals surface area contributed by atoms with E-state index in [9.17, 15) is 4.79 Å². The fourth-order valence-electron chi connectivity index (χ4n) is 0.940. The number of carbonyl (C=O) groups is 1. The Morgan fingerprint density at radius 1 is 1.92 bits per heavy atom. The quantitative estimate of drug-likeness (QED) is 0.635. The van der Waals surface area contributed by atoms with Gasteiger partial charge in [0.1, 0.15) is 6.04 Å². The Morgan fingerprint density at radius 2 is 2.58 bits per heavy atom. The molecule has 12 heavy (non-hydrogen) atoms. The highest BCUT2D eigenvalue weighted by Gasteiger charge is 2.13. The van der Waals surface area contributed by atoms with E-state index in [4.69, 9.17) is 10.8 Å². The van der Waals surface area contributed by atoms with Gasteiger partial charge in [-0.3, -0.25) is 4.79 Å². The molecule has 0 aliphatic rings. The molecule has 0 aliphatic heterocycles. The van der Waals surface area contributed by atoms with Crippen molar-refractivity contribution >= 4 is 5.91 Å². The first kappa shape index (κ1) is 8.73. The summed E-state index contributed by atoms with van der Waals surface area (Å²) in [5.41, 5.74) is 5.67. The van der Waals surface area contributed by atoms with Crippen LogP contribution in [-0.2, 0) is 11.4 Å². The van der Waals surface area contributed by atoms with Gasteiger partial charge in [-0.15, -0.1) is 0 Å². The second-order valence-electron chi connectivity index (χ2n) is 2.53. The third kappa shape index (κ3) is 1.45. The molecule has 1 aromatic heterocycles. The van der Waals surface area contributed by atoms with E-state index in [0.717, 1.165) is 0 Å². The number of aliphatic hydroxyl groups excluding tert-OH is 1. The van der Waals surface area contributed by atoms with E-state index >= 15 is 0 Å². The maximum Gasteiger partial charge on any atom is 0.240 e.